The average molecular weight is 367 g/mol. The Morgan fingerprint density at radius 1 is 1.04 bits per heavy atom. The van der Waals surface area contributed by atoms with E-state index in [1.807, 2.05) is 24.4 Å². The molecule has 0 aliphatic heterocycles. The van der Waals surface area contributed by atoms with E-state index in [0.29, 0.717) is 0 Å². The molecule has 0 N–H and O–H groups in total. The van der Waals surface area contributed by atoms with Crippen molar-refractivity contribution in [3.63, 3.8) is 0 Å². The molecule has 0 fully saturated rings. The highest BCUT2D eigenvalue weighted by atomic mass is 16.5. The molecule has 0 aliphatic rings. The van der Waals surface area contributed by atoms with Crippen LogP contribution in [0.2, 0.25) is 0 Å². The lowest BCUT2D eigenvalue weighted by molar-refractivity contribution is 0.306. The van der Waals surface area contributed by atoms with Crippen molar-refractivity contribution in [1.82, 2.24) is 4.98 Å². The summed E-state index contributed by atoms with van der Waals surface area (Å²) in [7, 11) is 2.08. The molecule has 0 bridgehead atoms. The van der Waals surface area contributed by atoms with Crippen molar-refractivity contribution in [2.24, 2.45) is 0 Å². The SMILES string of the molecule is CC[C]c1cc(CC)c(OCCCN(C)c2ccccn2)c(CC)c1CC. The molecule has 146 valence electrons. The van der Waals surface area contributed by atoms with Gasteiger partial charge in [0.25, 0.3) is 0 Å². The highest BCUT2D eigenvalue weighted by molar-refractivity contribution is 5.53. The molecule has 2 aromatic rings. The maximum absolute atomic E-state index is 6.34. The molecule has 3 nitrogen and oxygen atoms in total. The van der Waals surface area contributed by atoms with E-state index in [4.69, 9.17) is 4.74 Å². The van der Waals surface area contributed by atoms with E-state index in [0.717, 1.165) is 56.8 Å². The number of pyridine rings is 1. The zero-order valence-electron chi connectivity index (χ0n) is 17.6. The zero-order valence-corrected chi connectivity index (χ0v) is 17.6. The first-order chi connectivity index (χ1) is 13.2. The van der Waals surface area contributed by atoms with Crippen molar-refractivity contribution >= 4 is 5.82 Å². The van der Waals surface area contributed by atoms with Crippen LogP contribution in [0.1, 0.15) is 62.8 Å². The maximum atomic E-state index is 6.34. The summed E-state index contributed by atoms with van der Waals surface area (Å²) in [6.07, 6.45) is 10.3. The number of nitrogens with zero attached hydrogens (tertiary/aromatic N) is 2. The largest absolute Gasteiger partial charge is 0.493 e. The smallest absolute Gasteiger partial charge is 0.128 e. The number of hydrogen-bond acceptors (Lipinski definition) is 3. The van der Waals surface area contributed by atoms with Crippen molar-refractivity contribution in [1.29, 1.82) is 0 Å². The van der Waals surface area contributed by atoms with Gasteiger partial charge in [-0.1, -0.05) is 39.8 Å². The van der Waals surface area contributed by atoms with Gasteiger partial charge in [-0.15, -0.1) is 0 Å². The van der Waals surface area contributed by atoms with Gasteiger partial charge in [-0.05, 0) is 66.5 Å². The number of benzene rings is 1. The number of hydrogen-bond donors (Lipinski definition) is 0. The van der Waals surface area contributed by atoms with Crippen LogP contribution in [-0.2, 0) is 19.3 Å². The Kier molecular flexibility index (Phi) is 8.63. The Balaban J connectivity index is 2.08. The summed E-state index contributed by atoms with van der Waals surface area (Å²) in [5, 5.41) is 0. The van der Waals surface area contributed by atoms with Gasteiger partial charge in [0.2, 0.25) is 0 Å². The third-order valence-corrected chi connectivity index (χ3v) is 4.95. The lowest BCUT2D eigenvalue weighted by Gasteiger charge is -2.22. The van der Waals surface area contributed by atoms with Crippen LogP contribution in [0, 0.1) is 6.42 Å². The van der Waals surface area contributed by atoms with Gasteiger partial charge >= 0.3 is 0 Å². The zero-order chi connectivity index (χ0) is 19.6. The van der Waals surface area contributed by atoms with Crippen molar-refractivity contribution in [3.8, 4) is 5.75 Å². The summed E-state index contributed by atoms with van der Waals surface area (Å²) in [6.45, 7) is 10.5. The van der Waals surface area contributed by atoms with Crippen molar-refractivity contribution in [2.75, 3.05) is 25.1 Å². The van der Waals surface area contributed by atoms with Crippen LogP contribution in [-0.4, -0.2) is 25.2 Å². The molecule has 0 spiro atoms. The molecule has 27 heavy (non-hydrogen) atoms. The second kappa shape index (κ2) is 11.0. The Bertz CT molecular complexity index is 697. The second-order valence-electron chi connectivity index (χ2n) is 6.77. The molecule has 0 amide bonds. The molecule has 0 saturated heterocycles. The minimum Gasteiger partial charge on any atom is -0.493 e. The molecule has 0 saturated carbocycles. The summed E-state index contributed by atoms with van der Waals surface area (Å²) in [4.78, 5) is 6.58. The number of aryl methyl sites for hydroxylation is 1. The molecular weight excluding hydrogens is 332 g/mol. The van der Waals surface area contributed by atoms with Crippen LogP contribution >= 0.6 is 0 Å². The summed E-state index contributed by atoms with van der Waals surface area (Å²) in [5.41, 5.74) is 5.34. The van der Waals surface area contributed by atoms with Crippen LogP contribution in [0.3, 0.4) is 0 Å². The van der Waals surface area contributed by atoms with Gasteiger partial charge in [-0.2, -0.15) is 0 Å². The second-order valence-corrected chi connectivity index (χ2v) is 6.77. The van der Waals surface area contributed by atoms with Gasteiger partial charge in [0.15, 0.2) is 0 Å². The average Bonchev–Trinajstić information content (AvgIpc) is 2.71. The van der Waals surface area contributed by atoms with E-state index in [9.17, 15) is 0 Å². The topological polar surface area (TPSA) is 25.4 Å². The van der Waals surface area contributed by atoms with Crippen LogP contribution in [0.4, 0.5) is 5.82 Å². The summed E-state index contributed by atoms with van der Waals surface area (Å²) < 4.78 is 6.34. The predicted octanol–water partition coefficient (Wildman–Crippen LogP) is 5.51. The Hall–Kier alpha value is -2.03. The monoisotopic (exact) mass is 366 g/mol. The quantitative estimate of drug-likeness (QED) is 0.490. The summed E-state index contributed by atoms with van der Waals surface area (Å²) in [5.74, 6) is 2.11. The van der Waals surface area contributed by atoms with Crippen molar-refractivity contribution in [2.45, 2.75) is 59.8 Å². The molecule has 1 aromatic heterocycles. The molecule has 1 heterocycles. The molecule has 2 radical (unpaired) electrons. The summed E-state index contributed by atoms with van der Waals surface area (Å²) >= 11 is 0. The Labute approximate surface area is 165 Å². The van der Waals surface area contributed by atoms with E-state index in [2.05, 4.69) is 57.1 Å². The number of anilines is 1. The maximum Gasteiger partial charge on any atom is 0.128 e. The molecule has 2 rings (SSSR count). The van der Waals surface area contributed by atoms with Crippen LogP contribution in [0.25, 0.3) is 0 Å². The lowest BCUT2D eigenvalue weighted by Crippen LogP contribution is -2.21. The highest BCUT2D eigenvalue weighted by Gasteiger charge is 2.16. The first kappa shape index (κ1) is 21.3. The molecular formula is C24H34N2O. The van der Waals surface area contributed by atoms with E-state index in [-0.39, 0.29) is 0 Å². The normalized spacial score (nSPS) is 10.9. The van der Waals surface area contributed by atoms with Crippen molar-refractivity contribution in [3.05, 3.63) is 59.1 Å². The molecule has 0 atom stereocenters. The third kappa shape index (κ3) is 5.47. The lowest BCUT2D eigenvalue weighted by atomic mass is 9.90. The fraction of sp³-hybridized carbons (Fsp3) is 0.500. The fourth-order valence-electron chi connectivity index (χ4n) is 3.56. The third-order valence-electron chi connectivity index (χ3n) is 4.95. The van der Waals surface area contributed by atoms with E-state index < -0.39 is 0 Å². The molecule has 3 heteroatoms. The Morgan fingerprint density at radius 3 is 2.41 bits per heavy atom. The number of ether oxygens (including phenoxy) is 1. The Morgan fingerprint density at radius 2 is 1.81 bits per heavy atom. The van der Waals surface area contributed by atoms with Crippen molar-refractivity contribution < 1.29 is 4.74 Å². The van der Waals surface area contributed by atoms with Crippen LogP contribution in [0.15, 0.2) is 30.5 Å². The van der Waals surface area contributed by atoms with E-state index in [1.54, 1.807) is 0 Å². The first-order valence-electron chi connectivity index (χ1n) is 10.3. The molecule has 0 aliphatic carbocycles. The molecule has 1 aromatic carbocycles. The van der Waals surface area contributed by atoms with Gasteiger partial charge in [0.05, 0.1) is 6.61 Å². The minimum atomic E-state index is 0.723. The first-order valence-corrected chi connectivity index (χ1v) is 10.3. The number of aromatic nitrogens is 1. The predicted molar refractivity (Wildman–Crippen MR) is 115 cm³/mol. The van der Waals surface area contributed by atoms with Gasteiger partial charge in [0.1, 0.15) is 11.6 Å². The van der Waals surface area contributed by atoms with Crippen LogP contribution in [0.5, 0.6) is 5.75 Å². The number of rotatable bonds is 11. The minimum absolute atomic E-state index is 0.723. The standard InChI is InChI=1S/C24H34N2O/c1-6-13-20-18-19(7-2)24(22(9-4)21(20)8-3)27-17-12-16-26(5)23-14-10-11-15-25-23/h10-11,14-15,18H,6-9,12,16-17H2,1-5H3. The van der Waals surface area contributed by atoms with E-state index in [1.165, 1.54) is 22.3 Å². The van der Waals surface area contributed by atoms with Gasteiger partial charge in [-0.3, -0.25) is 0 Å². The fourth-order valence-corrected chi connectivity index (χ4v) is 3.56. The van der Waals surface area contributed by atoms with Gasteiger partial charge < -0.3 is 9.64 Å². The summed E-state index contributed by atoms with van der Waals surface area (Å²) in [6, 6.07) is 8.30. The van der Waals surface area contributed by atoms with Crippen LogP contribution < -0.4 is 9.64 Å². The molecule has 0 unspecified atom stereocenters. The van der Waals surface area contributed by atoms with Gasteiger partial charge in [0, 0.05) is 26.2 Å². The highest BCUT2D eigenvalue weighted by Crippen LogP contribution is 2.33. The van der Waals surface area contributed by atoms with E-state index >= 15 is 0 Å². The van der Waals surface area contributed by atoms with Gasteiger partial charge in [-0.25, -0.2) is 4.98 Å².